The SMILES string of the molecule is CS(=O)(=O)n1ccc2cccc(Nc3ncncc3C#N)c21. The van der Waals surface area contributed by atoms with Gasteiger partial charge in [0.15, 0.2) is 5.82 Å². The van der Waals surface area contributed by atoms with Crippen LogP contribution in [0.25, 0.3) is 10.9 Å². The Morgan fingerprint density at radius 1 is 1.32 bits per heavy atom. The van der Waals surface area contributed by atoms with Gasteiger partial charge < -0.3 is 5.32 Å². The van der Waals surface area contributed by atoms with Gasteiger partial charge in [0.1, 0.15) is 18.0 Å². The molecule has 0 spiro atoms. The van der Waals surface area contributed by atoms with E-state index in [1.165, 1.54) is 22.7 Å². The first kappa shape index (κ1) is 14.0. The molecule has 22 heavy (non-hydrogen) atoms. The predicted molar refractivity (Wildman–Crippen MR) is 82.2 cm³/mol. The lowest BCUT2D eigenvalue weighted by Crippen LogP contribution is -2.09. The Kier molecular flexibility index (Phi) is 3.27. The highest BCUT2D eigenvalue weighted by Gasteiger charge is 2.14. The molecule has 0 radical (unpaired) electrons. The maximum absolute atomic E-state index is 11.9. The molecular weight excluding hydrogens is 302 g/mol. The van der Waals surface area contributed by atoms with Gasteiger partial charge in [0, 0.05) is 11.6 Å². The molecule has 0 saturated carbocycles. The van der Waals surface area contributed by atoms with Crippen molar-refractivity contribution in [1.82, 2.24) is 13.9 Å². The zero-order chi connectivity index (χ0) is 15.7. The number of nitrogens with one attached hydrogen (secondary N) is 1. The molecule has 3 rings (SSSR count). The fraction of sp³-hybridized carbons (Fsp3) is 0.0714. The summed E-state index contributed by atoms with van der Waals surface area (Å²) in [5.74, 6) is 0.325. The Morgan fingerprint density at radius 3 is 2.86 bits per heavy atom. The van der Waals surface area contributed by atoms with Crippen molar-refractivity contribution >= 4 is 32.4 Å². The van der Waals surface area contributed by atoms with Crippen molar-refractivity contribution in [3.63, 3.8) is 0 Å². The number of benzene rings is 1. The van der Waals surface area contributed by atoms with Gasteiger partial charge in [-0.25, -0.2) is 22.4 Å². The number of nitriles is 1. The average Bonchev–Trinajstić information content (AvgIpc) is 2.93. The van der Waals surface area contributed by atoms with Crippen molar-refractivity contribution in [2.24, 2.45) is 0 Å². The zero-order valence-electron chi connectivity index (χ0n) is 11.6. The average molecular weight is 313 g/mol. The number of anilines is 2. The second kappa shape index (κ2) is 5.13. The van der Waals surface area contributed by atoms with Crippen LogP contribution in [0.3, 0.4) is 0 Å². The van der Waals surface area contributed by atoms with E-state index >= 15 is 0 Å². The van der Waals surface area contributed by atoms with E-state index in [0.29, 0.717) is 17.0 Å². The molecule has 0 aliphatic heterocycles. The van der Waals surface area contributed by atoms with Crippen molar-refractivity contribution in [2.45, 2.75) is 0 Å². The van der Waals surface area contributed by atoms with Crippen LogP contribution >= 0.6 is 0 Å². The molecule has 2 aromatic heterocycles. The number of para-hydroxylation sites is 1. The fourth-order valence-corrected chi connectivity index (χ4v) is 3.00. The minimum atomic E-state index is -3.44. The molecule has 0 atom stereocenters. The molecule has 0 aliphatic rings. The summed E-state index contributed by atoms with van der Waals surface area (Å²) in [5, 5.41) is 12.9. The van der Waals surface area contributed by atoms with Gasteiger partial charge in [0.25, 0.3) is 0 Å². The Balaban J connectivity index is 2.20. The minimum Gasteiger partial charge on any atom is -0.337 e. The third kappa shape index (κ3) is 2.38. The first-order valence-corrected chi connectivity index (χ1v) is 8.13. The molecule has 3 aromatic rings. The number of rotatable bonds is 3. The molecule has 1 N–H and O–H groups in total. The topological polar surface area (TPSA) is 101 Å². The molecule has 0 unspecified atom stereocenters. The summed E-state index contributed by atoms with van der Waals surface area (Å²) < 4.78 is 25.0. The van der Waals surface area contributed by atoms with Crippen molar-refractivity contribution in [3.8, 4) is 6.07 Å². The van der Waals surface area contributed by atoms with Gasteiger partial charge >= 0.3 is 0 Å². The Bertz CT molecular complexity index is 1000. The number of nitrogens with zero attached hydrogens (tertiary/aromatic N) is 4. The molecule has 2 heterocycles. The first-order valence-electron chi connectivity index (χ1n) is 6.28. The summed E-state index contributed by atoms with van der Waals surface area (Å²) >= 11 is 0. The first-order chi connectivity index (χ1) is 10.5. The lowest BCUT2D eigenvalue weighted by molar-refractivity contribution is 0.595. The summed E-state index contributed by atoms with van der Waals surface area (Å²) in [6.45, 7) is 0. The van der Waals surface area contributed by atoms with Crippen LogP contribution in [0, 0.1) is 11.3 Å². The third-order valence-corrected chi connectivity index (χ3v) is 4.14. The number of aromatic nitrogens is 3. The van der Waals surface area contributed by atoms with Crippen LogP contribution in [0.1, 0.15) is 5.56 Å². The van der Waals surface area contributed by atoms with Crippen LogP contribution in [-0.2, 0) is 10.0 Å². The molecule has 0 amide bonds. The van der Waals surface area contributed by atoms with E-state index in [2.05, 4.69) is 15.3 Å². The van der Waals surface area contributed by atoms with Crippen molar-refractivity contribution in [1.29, 1.82) is 5.26 Å². The summed E-state index contributed by atoms with van der Waals surface area (Å²) in [6, 6.07) is 9.04. The van der Waals surface area contributed by atoms with Crippen LogP contribution in [0.5, 0.6) is 0 Å². The normalized spacial score (nSPS) is 11.3. The second-order valence-electron chi connectivity index (χ2n) is 4.64. The molecule has 0 bridgehead atoms. The smallest absolute Gasteiger partial charge is 0.236 e. The summed E-state index contributed by atoms with van der Waals surface area (Å²) in [5.41, 5.74) is 1.33. The van der Waals surface area contributed by atoms with Crippen LogP contribution in [-0.4, -0.2) is 28.6 Å². The van der Waals surface area contributed by atoms with E-state index in [0.717, 1.165) is 11.6 Å². The van der Waals surface area contributed by atoms with E-state index in [9.17, 15) is 8.42 Å². The van der Waals surface area contributed by atoms with Gasteiger partial charge in [-0.3, -0.25) is 0 Å². The van der Waals surface area contributed by atoms with E-state index in [-0.39, 0.29) is 5.56 Å². The monoisotopic (exact) mass is 313 g/mol. The molecule has 8 heteroatoms. The number of fused-ring (bicyclic) bond motifs is 1. The van der Waals surface area contributed by atoms with Gasteiger partial charge in [-0.2, -0.15) is 5.26 Å². The Hall–Kier alpha value is -2.92. The Morgan fingerprint density at radius 2 is 2.14 bits per heavy atom. The highest BCUT2D eigenvalue weighted by molar-refractivity contribution is 7.89. The van der Waals surface area contributed by atoms with Crippen LogP contribution in [0.15, 0.2) is 43.0 Å². The molecule has 7 nitrogen and oxygen atoms in total. The molecule has 110 valence electrons. The van der Waals surface area contributed by atoms with E-state index < -0.39 is 10.0 Å². The summed E-state index contributed by atoms with van der Waals surface area (Å²) in [4.78, 5) is 7.82. The van der Waals surface area contributed by atoms with Crippen molar-refractivity contribution in [3.05, 3.63) is 48.5 Å². The standard InChI is InChI=1S/C14H11N5O2S/c1-22(20,21)19-6-5-10-3-2-4-12(13(10)19)18-14-11(7-15)8-16-9-17-14/h2-6,8-9H,1H3,(H,16,17,18). The molecule has 0 aliphatic carbocycles. The predicted octanol–water partition coefficient (Wildman–Crippen LogP) is 1.85. The largest absolute Gasteiger partial charge is 0.337 e. The van der Waals surface area contributed by atoms with Crippen molar-refractivity contribution < 1.29 is 8.42 Å². The van der Waals surface area contributed by atoms with Gasteiger partial charge in [-0.05, 0) is 12.1 Å². The summed E-state index contributed by atoms with van der Waals surface area (Å²) in [7, 11) is -3.44. The molecule has 0 saturated heterocycles. The Labute approximate surface area is 126 Å². The maximum atomic E-state index is 11.9. The lowest BCUT2D eigenvalue weighted by Gasteiger charge is -2.10. The fourth-order valence-electron chi connectivity index (χ4n) is 2.18. The van der Waals surface area contributed by atoms with Gasteiger partial charge in [-0.15, -0.1) is 0 Å². The number of hydrogen-bond donors (Lipinski definition) is 1. The van der Waals surface area contributed by atoms with Crippen molar-refractivity contribution in [2.75, 3.05) is 11.6 Å². The summed E-state index contributed by atoms with van der Waals surface area (Å²) in [6.07, 6.45) is 5.34. The van der Waals surface area contributed by atoms with Crippen LogP contribution in [0.2, 0.25) is 0 Å². The van der Waals surface area contributed by atoms with Crippen LogP contribution in [0.4, 0.5) is 11.5 Å². The highest BCUT2D eigenvalue weighted by atomic mass is 32.2. The molecule has 1 aromatic carbocycles. The maximum Gasteiger partial charge on any atom is 0.236 e. The van der Waals surface area contributed by atoms with Gasteiger partial charge in [0.05, 0.1) is 23.7 Å². The molecule has 0 fully saturated rings. The van der Waals surface area contributed by atoms with E-state index in [1.54, 1.807) is 18.2 Å². The highest BCUT2D eigenvalue weighted by Crippen LogP contribution is 2.28. The van der Waals surface area contributed by atoms with Gasteiger partial charge in [0.2, 0.25) is 10.0 Å². The number of hydrogen-bond acceptors (Lipinski definition) is 6. The quantitative estimate of drug-likeness (QED) is 0.792. The second-order valence-corrected chi connectivity index (χ2v) is 6.50. The lowest BCUT2D eigenvalue weighted by atomic mass is 10.2. The van der Waals surface area contributed by atoms with Gasteiger partial charge in [-0.1, -0.05) is 12.1 Å². The van der Waals surface area contributed by atoms with E-state index in [1.807, 2.05) is 12.1 Å². The zero-order valence-corrected chi connectivity index (χ0v) is 12.4. The molecular formula is C14H11N5O2S. The van der Waals surface area contributed by atoms with E-state index in [4.69, 9.17) is 5.26 Å². The van der Waals surface area contributed by atoms with Crippen LogP contribution < -0.4 is 5.32 Å². The minimum absolute atomic E-state index is 0.275. The third-order valence-electron chi connectivity index (χ3n) is 3.12.